The second-order valence-corrected chi connectivity index (χ2v) is 8.13. The van der Waals surface area contributed by atoms with E-state index in [1.807, 2.05) is 30.6 Å². The Labute approximate surface area is 151 Å². The highest BCUT2D eigenvalue weighted by Gasteiger charge is 2.32. The lowest BCUT2D eigenvalue weighted by molar-refractivity contribution is -0.135. The predicted molar refractivity (Wildman–Crippen MR) is 97.5 cm³/mol. The molecule has 0 bridgehead atoms. The molecule has 0 aromatic carbocycles. The van der Waals surface area contributed by atoms with Crippen LogP contribution in [0.3, 0.4) is 0 Å². The molecule has 0 aliphatic carbocycles. The van der Waals surface area contributed by atoms with Crippen molar-refractivity contribution in [2.75, 3.05) is 59.5 Å². The zero-order chi connectivity index (χ0) is 18.4. The quantitative estimate of drug-likeness (QED) is 0.818. The summed E-state index contributed by atoms with van der Waals surface area (Å²) in [6, 6.07) is -0.0339. The molecule has 2 aliphatic heterocycles. The fraction of sp³-hybridized carbons (Fsp3) is 0.889. The molecule has 0 aromatic heterocycles. The molecular weight excluding hydrogens is 320 g/mol. The van der Waals surface area contributed by atoms with Crippen LogP contribution in [0.4, 0.5) is 4.79 Å². The number of carbonyl (C=O) groups is 2. The molecule has 0 radical (unpaired) electrons. The van der Waals surface area contributed by atoms with Crippen molar-refractivity contribution < 1.29 is 14.3 Å². The summed E-state index contributed by atoms with van der Waals surface area (Å²) < 4.78 is 5.12. The largest absolute Gasteiger partial charge is 0.383 e. The van der Waals surface area contributed by atoms with Crippen molar-refractivity contribution in [3.8, 4) is 0 Å². The van der Waals surface area contributed by atoms with E-state index in [0.717, 1.165) is 39.0 Å². The second kappa shape index (κ2) is 8.85. The normalized spacial score (nSPS) is 22.8. The van der Waals surface area contributed by atoms with Crippen molar-refractivity contribution in [2.24, 2.45) is 5.92 Å². The fourth-order valence-corrected chi connectivity index (χ4v) is 3.46. The first-order valence-corrected chi connectivity index (χ1v) is 9.37. The fourth-order valence-electron chi connectivity index (χ4n) is 3.46. The molecule has 2 aliphatic rings. The lowest BCUT2D eigenvalue weighted by Gasteiger charge is -2.28. The van der Waals surface area contributed by atoms with E-state index in [2.05, 4.69) is 10.2 Å². The number of rotatable bonds is 4. The maximum Gasteiger partial charge on any atom is 0.317 e. The van der Waals surface area contributed by atoms with E-state index in [1.54, 1.807) is 7.11 Å². The minimum absolute atomic E-state index is 0.0339. The molecule has 0 saturated carbocycles. The van der Waals surface area contributed by atoms with E-state index in [-0.39, 0.29) is 23.4 Å². The first-order chi connectivity index (χ1) is 11.8. The van der Waals surface area contributed by atoms with Gasteiger partial charge in [-0.1, -0.05) is 0 Å². The Balaban J connectivity index is 1.82. The van der Waals surface area contributed by atoms with Crippen LogP contribution in [0.5, 0.6) is 0 Å². The summed E-state index contributed by atoms with van der Waals surface area (Å²) in [5.41, 5.74) is -0.242. The topological polar surface area (TPSA) is 65.1 Å². The Bertz CT molecular complexity index is 464. The van der Waals surface area contributed by atoms with Crippen molar-refractivity contribution in [1.29, 1.82) is 0 Å². The number of urea groups is 1. The van der Waals surface area contributed by atoms with Gasteiger partial charge >= 0.3 is 6.03 Å². The smallest absolute Gasteiger partial charge is 0.317 e. The number of amides is 3. The monoisotopic (exact) mass is 354 g/mol. The number of likely N-dealkylation sites (tertiary alicyclic amines) is 1. The third-order valence-corrected chi connectivity index (χ3v) is 4.81. The van der Waals surface area contributed by atoms with E-state index in [4.69, 9.17) is 4.74 Å². The van der Waals surface area contributed by atoms with Crippen molar-refractivity contribution in [3.63, 3.8) is 0 Å². The van der Waals surface area contributed by atoms with Gasteiger partial charge in [-0.2, -0.15) is 0 Å². The van der Waals surface area contributed by atoms with Gasteiger partial charge in [0.2, 0.25) is 5.91 Å². The van der Waals surface area contributed by atoms with Crippen molar-refractivity contribution in [1.82, 2.24) is 20.0 Å². The molecular formula is C18H34N4O3. The van der Waals surface area contributed by atoms with Crippen LogP contribution >= 0.6 is 0 Å². The molecule has 1 N–H and O–H groups in total. The number of carbonyl (C=O) groups excluding carboxylic acids is 2. The Morgan fingerprint density at radius 2 is 1.76 bits per heavy atom. The molecule has 1 atom stereocenters. The third-order valence-electron chi connectivity index (χ3n) is 4.81. The van der Waals surface area contributed by atoms with Crippen LogP contribution in [-0.4, -0.2) is 91.7 Å². The van der Waals surface area contributed by atoms with Gasteiger partial charge in [-0.3, -0.25) is 4.79 Å². The third kappa shape index (κ3) is 6.15. The number of hydrogen-bond acceptors (Lipinski definition) is 4. The molecule has 2 heterocycles. The van der Waals surface area contributed by atoms with E-state index >= 15 is 0 Å². The van der Waals surface area contributed by atoms with Crippen molar-refractivity contribution in [3.05, 3.63) is 0 Å². The average molecular weight is 354 g/mol. The maximum absolute atomic E-state index is 12.8. The van der Waals surface area contributed by atoms with Gasteiger partial charge in [0.25, 0.3) is 0 Å². The summed E-state index contributed by atoms with van der Waals surface area (Å²) in [5, 5.41) is 3.01. The molecule has 0 aromatic rings. The van der Waals surface area contributed by atoms with E-state index in [1.165, 1.54) is 0 Å². The van der Waals surface area contributed by atoms with Crippen LogP contribution in [0.1, 0.15) is 33.6 Å². The van der Waals surface area contributed by atoms with Crippen LogP contribution in [0, 0.1) is 5.92 Å². The van der Waals surface area contributed by atoms with Crippen LogP contribution in [0.2, 0.25) is 0 Å². The number of hydrogen-bond donors (Lipinski definition) is 1. The summed E-state index contributed by atoms with van der Waals surface area (Å²) in [7, 11) is 1.71. The number of nitrogens with zero attached hydrogens (tertiary/aromatic N) is 3. The summed E-state index contributed by atoms with van der Waals surface area (Å²) in [6.07, 6.45) is 1.76. The van der Waals surface area contributed by atoms with Gasteiger partial charge in [0.15, 0.2) is 0 Å². The van der Waals surface area contributed by atoms with Crippen LogP contribution < -0.4 is 5.32 Å². The molecule has 7 nitrogen and oxygen atoms in total. The van der Waals surface area contributed by atoms with Crippen molar-refractivity contribution >= 4 is 11.9 Å². The van der Waals surface area contributed by atoms with E-state index < -0.39 is 0 Å². The highest BCUT2D eigenvalue weighted by molar-refractivity contribution is 5.80. The molecule has 1 unspecified atom stereocenters. The van der Waals surface area contributed by atoms with Gasteiger partial charge in [0.1, 0.15) is 0 Å². The lowest BCUT2D eigenvalue weighted by Crippen LogP contribution is -2.49. The first-order valence-electron chi connectivity index (χ1n) is 9.37. The van der Waals surface area contributed by atoms with Gasteiger partial charge < -0.3 is 24.8 Å². The van der Waals surface area contributed by atoms with Gasteiger partial charge in [-0.15, -0.1) is 0 Å². The highest BCUT2D eigenvalue weighted by Crippen LogP contribution is 2.19. The number of ether oxygens (including phenoxy) is 1. The summed E-state index contributed by atoms with van der Waals surface area (Å²) in [5.74, 6) is 0.338. The molecule has 2 fully saturated rings. The minimum atomic E-state index is -0.242. The highest BCUT2D eigenvalue weighted by atomic mass is 16.5. The van der Waals surface area contributed by atoms with Gasteiger partial charge in [-0.05, 0) is 40.2 Å². The molecule has 144 valence electrons. The Kier molecular flexibility index (Phi) is 7.07. The lowest BCUT2D eigenvalue weighted by atomic mass is 10.1. The zero-order valence-electron chi connectivity index (χ0n) is 16.2. The molecule has 25 heavy (non-hydrogen) atoms. The van der Waals surface area contributed by atoms with Crippen LogP contribution in [0.15, 0.2) is 0 Å². The van der Waals surface area contributed by atoms with Crippen molar-refractivity contribution in [2.45, 2.75) is 39.2 Å². The van der Waals surface area contributed by atoms with Crippen LogP contribution in [-0.2, 0) is 9.53 Å². The summed E-state index contributed by atoms with van der Waals surface area (Å²) in [4.78, 5) is 31.2. The van der Waals surface area contributed by atoms with Gasteiger partial charge in [-0.25, -0.2) is 4.79 Å². The Hall–Kier alpha value is -1.34. The Morgan fingerprint density at radius 1 is 1.08 bits per heavy atom. The van der Waals surface area contributed by atoms with Gasteiger partial charge in [0.05, 0.1) is 12.5 Å². The van der Waals surface area contributed by atoms with Gasteiger partial charge in [0, 0.05) is 51.9 Å². The predicted octanol–water partition coefficient (Wildman–Crippen LogP) is 0.997. The molecule has 2 rings (SSSR count). The average Bonchev–Trinajstić information content (AvgIpc) is 2.86. The molecule has 2 saturated heterocycles. The van der Waals surface area contributed by atoms with E-state index in [9.17, 15) is 9.59 Å². The second-order valence-electron chi connectivity index (χ2n) is 8.13. The standard InChI is InChI=1S/C18H34N4O3/c1-18(2,3)19-17(24)22-8-5-7-21(10-11-22)16(23)15-6-9-20(14-15)12-13-25-4/h15H,5-14H2,1-4H3,(H,19,24). The number of nitrogens with one attached hydrogen (secondary N) is 1. The number of methoxy groups -OCH3 is 1. The summed E-state index contributed by atoms with van der Waals surface area (Å²) in [6.45, 7) is 12.0. The van der Waals surface area contributed by atoms with E-state index in [0.29, 0.717) is 26.2 Å². The minimum Gasteiger partial charge on any atom is -0.383 e. The summed E-state index contributed by atoms with van der Waals surface area (Å²) >= 11 is 0. The molecule has 7 heteroatoms. The molecule has 3 amide bonds. The van der Waals surface area contributed by atoms with Crippen LogP contribution in [0.25, 0.3) is 0 Å². The Morgan fingerprint density at radius 3 is 2.44 bits per heavy atom. The zero-order valence-corrected chi connectivity index (χ0v) is 16.2. The maximum atomic E-state index is 12.8. The molecule has 0 spiro atoms. The first kappa shape index (κ1) is 20.0. The SMILES string of the molecule is COCCN1CCC(C(=O)N2CCCN(C(=O)NC(C)(C)C)CC2)C1.